The molecule has 1 fully saturated rings. The Balaban J connectivity index is 2.72. The lowest BCUT2D eigenvalue weighted by atomic mass is 10.1. The molecule has 0 radical (unpaired) electrons. The quantitative estimate of drug-likeness (QED) is 0.810. The van der Waals surface area contributed by atoms with Gasteiger partial charge in [-0.25, -0.2) is 0 Å². The van der Waals surface area contributed by atoms with E-state index in [2.05, 4.69) is 4.90 Å². The van der Waals surface area contributed by atoms with Crippen LogP contribution >= 0.6 is 0 Å². The first-order chi connectivity index (χ1) is 8.65. The number of aliphatic hydroxyl groups is 1. The summed E-state index contributed by atoms with van der Waals surface area (Å²) in [7, 11) is 0. The Labute approximate surface area is 111 Å². The largest absolute Gasteiger partial charge is 0.395 e. The van der Waals surface area contributed by atoms with Crippen molar-refractivity contribution in [3.05, 3.63) is 0 Å². The van der Waals surface area contributed by atoms with Crippen molar-refractivity contribution < 1.29 is 9.90 Å². The standard InChI is InChI=1S/C14H28N2O2/c1-4-15(5-2)14(18)12(3)16-10-8-6-7-9-13(16)11-17/h12-13,17H,4-11H2,1-3H3. The third-order valence-electron chi connectivity index (χ3n) is 4.06. The summed E-state index contributed by atoms with van der Waals surface area (Å²) in [6.45, 7) is 8.62. The number of likely N-dealkylation sites (tertiary alicyclic amines) is 1. The zero-order chi connectivity index (χ0) is 13.5. The molecule has 106 valence electrons. The molecule has 4 heteroatoms. The van der Waals surface area contributed by atoms with Gasteiger partial charge < -0.3 is 10.0 Å². The minimum Gasteiger partial charge on any atom is -0.395 e. The maximum atomic E-state index is 12.4. The number of carbonyl (C=O) groups is 1. The van der Waals surface area contributed by atoms with Gasteiger partial charge in [0.25, 0.3) is 0 Å². The molecule has 0 bridgehead atoms. The molecule has 18 heavy (non-hydrogen) atoms. The van der Waals surface area contributed by atoms with Crippen LogP contribution in [0, 0.1) is 0 Å². The van der Waals surface area contributed by atoms with Crippen molar-refractivity contribution in [2.75, 3.05) is 26.2 Å². The summed E-state index contributed by atoms with van der Waals surface area (Å²) in [4.78, 5) is 16.5. The number of hydrogen-bond acceptors (Lipinski definition) is 3. The average Bonchev–Trinajstić information content (AvgIpc) is 2.64. The number of nitrogens with zero attached hydrogens (tertiary/aromatic N) is 2. The molecular formula is C14H28N2O2. The summed E-state index contributed by atoms with van der Waals surface area (Å²) in [5.74, 6) is 0.195. The van der Waals surface area contributed by atoms with E-state index in [1.807, 2.05) is 25.7 Å². The second kappa shape index (κ2) is 7.74. The Morgan fingerprint density at radius 3 is 2.56 bits per heavy atom. The van der Waals surface area contributed by atoms with Crippen LogP contribution in [-0.2, 0) is 4.79 Å². The number of amides is 1. The smallest absolute Gasteiger partial charge is 0.239 e. The van der Waals surface area contributed by atoms with E-state index in [4.69, 9.17) is 0 Å². The Kier molecular flexibility index (Phi) is 6.65. The molecule has 2 atom stereocenters. The van der Waals surface area contributed by atoms with Crippen LogP contribution in [0.1, 0.15) is 46.5 Å². The van der Waals surface area contributed by atoms with Crippen molar-refractivity contribution >= 4 is 5.91 Å². The number of likely N-dealkylation sites (N-methyl/N-ethyl adjacent to an activating group) is 1. The Morgan fingerprint density at radius 1 is 1.33 bits per heavy atom. The molecule has 1 aliphatic rings. The van der Waals surface area contributed by atoms with Crippen LogP contribution in [0.5, 0.6) is 0 Å². The molecule has 1 N–H and O–H groups in total. The molecule has 2 unspecified atom stereocenters. The molecule has 1 amide bonds. The third-order valence-corrected chi connectivity index (χ3v) is 4.06. The fourth-order valence-electron chi connectivity index (χ4n) is 2.85. The van der Waals surface area contributed by atoms with Crippen LogP contribution in [0.4, 0.5) is 0 Å². The molecule has 0 spiro atoms. The fourth-order valence-corrected chi connectivity index (χ4v) is 2.85. The van der Waals surface area contributed by atoms with E-state index in [9.17, 15) is 9.90 Å². The van der Waals surface area contributed by atoms with Crippen molar-refractivity contribution in [2.45, 2.75) is 58.5 Å². The molecule has 4 nitrogen and oxygen atoms in total. The van der Waals surface area contributed by atoms with E-state index in [1.54, 1.807) is 0 Å². The van der Waals surface area contributed by atoms with E-state index in [1.165, 1.54) is 6.42 Å². The summed E-state index contributed by atoms with van der Waals surface area (Å²) in [5, 5.41) is 9.50. The Bertz CT molecular complexity index is 254. The maximum absolute atomic E-state index is 12.4. The van der Waals surface area contributed by atoms with E-state index < -0.39 is 0 Å². The molecule has 1 rings (SSSR count). The number of carbonyl (C=O) groups excluding carboxylic acids is 1. The van der Waals surface area contributed by atoms with Crippen LogP contribution in [0.25, 0.3) is 0 Å². The number of hydrogen-bond donors (Lipinski definition) is 1. The molecule has 1 saturated heterocycles. The topological polar surface area (TPSA) is 43.8 Å². The molecule has 0 aromatic carbocycles. The third kappa shape index (κ3) is 3.69. The van der Waals surface area contributed by atoms with Gasteiger partial charge in [0.05, 0.1) is 12.6 Å². The van der Waals surface area contributed by atoms with Gasteiger partial charge in [-0.15, -0.1) is 0 Å². The lowest BCUT2D eigenvalue weighted by Crippen LogP contribution is -2.51. The van der Waals surface area contributed by atoms with Crippen molar-refractivity contribution in [1.29, 1.82) is 0 Å². The van der Waals surface area contributed by atoms with Crippen molar-refractivity contribution in [2.24, 2.45) is 0 Å². The predicted octanol–water partition coefficient (Wildman–Crippen LogP) is 1.48. The summed E-state index contributed by atoms with van der Waals surface area (Å²) < 4.78 is 0. The zero-order valence-electron chi connectivity index (χ0n) is 12.1. The van der Waals surface area contributed by atoms with Gasteiger partial charge >= 0.3 is 0 Å². The average molecular weight is 256 g/mol. The minimum absolute atomic E-state index is 0.111. The molecule has 0 saturated carbocycles. The molecule has 0 aromatic rings. The normalized spacial score (nSPS) is 23.4. The van der Waals surface area contributed by atoms with E-state index in [0.29, 0.717) is 0 Å². The highest BCUT2D eigenvalue weighted by Crippen LogP contribution is 2.19. The van der Waals surface area contributed by atoms with Crippen LogP contribution < -0.4 is 0 Å². The summed E-state index contributed by atoms with van der Waals surface area (Å²) in [6, 6.07) is 0.0437. The van der Waals surface area contributed by atoms with Gasteiger partial charge in [-0.3, -0.25) is 9.69 Å². The first-order valence-electron chi connectivity index (χ1n) is 7.31. The van der Waals surface area contributed by atoms with Crippen LogP contribution in [0.2, 0.25) is 0 Å². The molecular weight excluding hydrogens is 228 g/mol. The van der Waals surface area contributed by atoms with Gasteiger partial charge in [0, 0.05) is 19.1 Å². The van der Waals surface area contributed by atoms with Gasteiger partial charge in [-0.05, 0) is 40.2 Å². The van der Waals surface area contributed by atoms with Gasteiger partial charge in [0.1, 0.15) is 0 Å². The van der Waals surface area contributed by atoms with Crippen LogP contribution in [0.3, 0.4) is 0 Å². The maximum Gasteiger partial charge on any atom is 0.239 e. The second-order valence-electron chi connectivity index (χ2n) is 5.11. The lowest BCUT2D eigenvalue weighted by molar-refractivity contribution is -0.137. The van der Waals surface area contributed by atoms with Crippen LogP contribution in [0.15, 0.2) is 0 Å². The number of aliphatic hydroxyl groups excluding tert-OH is 1. The highest BCUT2D eigenvalue weighted by molar-refractivity contribution is 5.81. The van der Waals surface area contributed by atoms with Crippen molar-refractivity contribution in [1.82, 2.24) is 9.80 Å². The minimum atomic E-state index is -0.111. The summed E-state index contributed by atoms with van der Waals surface area (Å²) >= 11 is 0. The molecule has 0 aliphatic carbocycles. The molecule has 0 aromatic heterocycles. The van der Waals surface area contributed by atoms with Gasteiger partial charge in [-0.1, -0.05) is 12.8 Å². The monoisotopic (exact) mass is 256 g/mol. The van der Waals surface area contributed by atoms with Crippen molar-refractivity contribution in [3.63, 3.8) is 0 Å². The van der Waals surface area contributed by atoms with Gasteiger partial charge in [0.15, 0.2) is 0 Å². The second-order valence-corrected chi connectivity index (χ2v) is 5.11. The lowest BCUT2D eigenvalue weighted by Gasteiger charge is -2.35. The zero-order valence-corrected chi connectivity index (χ0v) is 12.1. The fraction of sp³-hybridized carbons (Fsp3) is 0.929. The molecule has 1 heterocycles. The summed E-state index contributed by atoms with van der Waals surface area (Å²) in [5.41, 5.74) is 0. The highest BCUT2D eigenvalue weighted by atomic mass is 16.3. The first-order valence-corrected chi connectivity index (χ1v) is 7.31. The first kappa shape index (κ1) is 15.4. The predicted molar refractivity (Wildman–Crippen MR) is 73.4 cm³/mol. The summed E-state index contributed by atoms with van der Waals surface area (Å²) in [6.07, 6.45) is 4.51. The van der Waals surface area contributed by atoms with E-state index >= 15 is 0 Å². The Hall–Kier alpha value is -0.610. The van der Waals surface area contributed by atoms with Crippen LogP contribution in [-0.4, -0.2) is 59.1 Å². The van der Waals surface area contributed by atoms with E-state index in [-0.39, 0.29) is 24.6 Å². The Morgan fingerprint density at radius 2 is 2.00 bits per heavy atom. The SMILES string of the molecule is CCN(CC)C(=O)C(C)N1CCCCCC1CO. The van der Waals surface area contributed by atoms with Gasteiger partial charge in [-0.2, -0.15) is 0 Å². The number of rotatable bonds is 5. The van der Waals surface area contributed by atoms with E-state index in [0.717, 1.165) is 38.9 Å². The molecule has 1 aliphatic heterocycles. The highest BCUT2D eigenvalue weighted by Gasteiger charge is 2.30. The van der Waals surface area contributed by atoms with Crippen molar-refractivity contribution in [3.8, 4) is 0 Å². The van der Waals surface area contributed by atoms with Gasteiger partial charge in [0.2, 0.25) is 5.91 Å².